The number of rotatable bonds is 4. The first-order valence-electron chi connectivity index (χ1n) is 7.75. The third-order valence-corrected chi connectivity index (χ3v) is 4.11. The van der Waals surface area contributed by atoms with E-state index in [1.807, 2.05) is 12.1 Å². The number of amides is 2. The van der Waals surface area contributed by atoms with Gasteiger partial charge in [-0.3, -0.25) is 9.59 Å². The summed E-state index contributed by atoms with van der Waals surface area (Å²) in [5, 5.41) is 8.52. The zero-order valence-electron chi connectivity index (χ0n) is 13.3. The third kappa shape index (κ3) is 3.62. The van der Waals surface area contributed by atoms with Crippen molar-refractivity contribution in [2.45, 2.75) is 19.3 Å². The van der Waals surface area contributed by atoms with Gasteiger partial charge < -0.3 is 14.8 Å². The van der Waals surface area contributed by atoms with Crippen LogP contribution in [0.4, 0.5) is 0 Å². The zero-order chi connectivity index (χ0) is 17.1. The van der Waals surface area contributed by atoms with E-state index < -0.39 is 0 Å². The zero-order valence-corrected chi connectivity index (χ0v) is 14.1. The fraction of sp³-hybridized carbons (Fsp3) is 0.438. The summed E-state index contributed by atoms with van der Waals surface area (Å²) in [6.45, 7) is 1.42. The van der Waals surface area contributed by atoms with Crippen LogP contribution in [-0.4, -0.2) is 49.3 Å². The molecule has 0 unspecified atom stereocenters. The number of benzene rings is 1. The molecule has 2 amide bonds. The molecule has 0 radical (unpaired) electrons. The van der Waals surface area contributed by atoms with Gasteiger partial charge in [0.05, 0.1) is 5.02 Å². The van der Waals surface area contributed by atoms with Crippen LogP contribution in [0.25, 0.3) is 0 Å². The van der Waals surface area contributed by atoms with Crippen molar-refractivity contribution in [3.05, 3.63) is 22.7 Å². The van der Waals surface area contributed by atoms with Gasteiger partial charge in [-0.15, -0.1) is 0 Å². The van der Waals surface area contributed by atoms with Gasteiger partial charge >= 0.3 is 0 Å². The number of ether oxygens (including phenoxy) is 2. The van der Waals surface area contributed by atoms with Crippen LogP contribution in [0.15, 0.2) is 17.2 Å². The fourth-order valence-corrected chi connectivity index (χ4v) is 2.85. The van der Waals surface area contributed by atoms with Crippen LogP contribution >= 0.6 is 11.6 Å². The van der Waals surface area contributed by atoms with Crippen molar-refractivity contribution in [3.63, 3.8) is 0 Å². The lowest BCUT2D eigenvalue weighted by Gasteiger charge is -2.20. The molecule has 3 rings (SSSR count). The molecule has 0 aromatic heterocycles. The maximum Gasteiger partial charge on any atom is 0.267 e. The van der Waals surface area contributed by atoms with E-state index in [0.717, 1.165) is 5.56 Å². The van der Waals surface area contributed by atoms with Gasteiger partial charge in [0.2, 0.25) is 5.91 Å². The molecule has 0 fully saturated rings. The SMILES string of the molecule is CN1N=C(C(=O)NCCc2cc(Cl)c3c(c2)OCCO3)CCC1=O. The number of halogens is 1. The highest BCUT2D eigenvalue weighted by Crippen LogP contribution is 2.38. The van der Waals surface area contributed by atoms with Gasteiger partial charge in [-0.05, 0) is 24.1 Å². The van der Waals surface area contributed by atoms with Crippen molar-refractivity contribution in [3.8, 4) is 11.5 Å². The highest BCUT2D eigenvalue weighted by Gasteiger charge is 2.22. The Bertz CT molecular complexity index is 705. The summed E-state index contributed by atoms with van der Waals surface area (Å²) in [4.78, 5) is 23.5. The molecule has 0 aliphatic carbocycles. The van der Waals surface area contributed by atoms with Gasteiger partial charge in [-0.1, -0.05) is 11.6 Å². The summed E-state index contributed by atoms with van der Waals surface area (Å²) in [5.74, 6) is 0.863. The molecular formula is C16H18ClN3O4. The maximum absolute atomic E-state index is 12.1. The Morgan fingerprint density at radius 3 is 2.92 bits per heavy atom. The second kappa shape index (κ2) is 7.09. The maximum atomic E-state index is 12.1. The molecule has 0 atom stereocenters. The number of hydrogen-bond donors (Lipinski definition) is 1. The van der Waals surface area contributed by atoms with Crippen LogP contribution in [0.2, 0.25) is 5.02 Å². The van der Waals surface area contributed by atoms with Gasteiger partial charge in [-0.2, -0.15) is 5.10 Å². The standard InChI is InChI=1S/C16H18ClN3O4/c1-20-14(21)3-2-12(19-20)16(22)18-5-4-10-8-11(17)15-13(9-10)23-6-7-24-15/h8-9H,2-7H2,1H3,(H,18,22). The Balaban J connectivity index is 1.57. The van der Waals surface area contributed by atoms with E-state index in [4.69, 9.17) is 21.1 Å². The predicted octanol–water partition coefficient (Wildman–Crippen LogP) is 1.38. The third-order valence-electron chi connectivity index (χ3n) is 3.83. The first-order chi connectivity index (χ1) is 11.5. The molecule has 7 nitrogen and oxygen atoms in total. The van der Waals surface area contributed by atoms with E-state index in [1.54, 1.807) is 7.05 Å². The van der Waals surface area contributed by atoms with Crippen LogP contribution in [0.5, 0.6) is 11.5 Å². The number of nitrogens with zero attached hydrogens (tertiary/aromatic N) is 2. The van der Waals surface area contributed by atoms with Crippen LogP contribution in [0.1, 0.15) is 18.4 Å². The molecule has 0 saturated heterocycles. The van der Waals surface area contributed by atoms with Crippen molar-refractivity contribution in [1.29, 1.82) is 0 Å². The van der Waals surface area contributed by atoms with E-state index in [-0.39, 0.29) is 11.8 Å². The molecule has 1 N–H and O–H groups in total. The van der Waals surface area contributed by atoms with E-state index in [2.05, 4.69) is 10.4 Å². The first kappa shape index (κ1) is 16.6. The minimum atomic E-state index is -0.252. The molecular weight excluding hydrogens is 334 g/mol. The number of carbonyl (C=O) groups is 2. The van der Waals surface area contributed by atoms with Crippen molar-refractivity contribution in [1.82, 2.24) is 10.3 Å². The van der Waals surface area contributed by atoms with Crippen molar-refractivity contribution in [2.75, 3.05) is 26.8 Å². The molecule has 0 spiro atoms. The van der Waals surface area contributed by atoms with Gasteiger partial charge in [0, 0.05) is 26.4 Å². The lowest BCUT2D eigenvalue weighted by molar-refractivity contribution is -0.130. The lowest BCUT2D eigenvalue weighted by atomic mass is 10.1. The number of hydrogen-bond acceptors (Lipinski definition) is 5. The van der Waals surface area contributed by atoms with E-state index >= 15 is 0 Å². The Morgan fingerprint density at radius 2 is 2.12 bits per heavy atom. The molecule has 8 heteroatoms. The molecule has 1 aromatic carbocycles. The van der Waals surface area contributed by atoms with Crippen LogP contribution < -0.4 is 14.8 Å². The quantitative estimate of drug-likeness (QED) is 0.888. The number of hydrazone groups is 1. The molecule has 2 aliphatic rings. The summed E-state index contributed by atoms with van der Waals surface area (Å²) in [6, 6.07) is 3.68. The topological polar surface area (TPSA) is 80.2 Å². The summed E-state index contributed by atoms with van der Waals surface area (Å²) < 4.78 is 11.0. The van der Waals surface area contributed by atoms with Gasteiger partial charge in [0.25, 0.3) is 5.91 Å². The van der Waals surface area contributed by atoms with E-state index in [1.165, 1.54) is 5.01 Å². The number of nitrogens with one attached hydrogen (secondary N) is 1. The number of carbonyl (C=O) groups excluding carboxylic acids is 2. The summed E-state index contributed by atoms with van der Waals surface area (Å²) in [5.41, 5.74) is 1.32. The minimum Gasteiger partial charge on any atom is -0.486 e. The normalized spacial score (nSPS) is 16.7. The van der Waals surface area contributed by atoms with E-state index in [9.17, 15) is 9.59 Å². The molecule has 2 heterocycles. The largest absolute Gasteiger partial charge is 0.486 e. The molecule has 0 saturated carbocycles. The molecule has 128 valence electrons. The smallest absolute Gasteiger partial charge is 0.267 e. The Labute approximate surface area is 144 Å². The van der Waals surface area contributed by atoms with E-state index in [0.29, 0.717) is 61.3 Å². The average molecular weight is 352 g/mol. The Morgan fingerprint density at radius 1 is 1.33 bits per heavy atom. The Hall–Kier alpha value is -2.28. The van der Waals surface area contributed by atoms with Crippen LogP contribution in [0, 0.1) is 0 Å². The van der Waals surface area contributed by atoms with Gasteiger partial charge in [0.1, 0.15) is 18.9 Å². The minimum absolute atomic E-state index is 0.0857. The fourth-order valence-electron chi connectivity index (χ4n) is 2.56. The monoisotopic (exact) mass is 351 g/mol. The highest BCUT2D eigenvalue weighted by molar-refractivity contribution is 6.39. The summed E-state index contributed by atoms with van der Waals surface area (Å²) in [6.07, 6.45) is 1.27. The molecule has 0 bridgehead atoms. The molecule has 2 aliphatic heterocycles. The van der Waals surface area contributed by atoms with Crippen LogP contribution in [0.3, 0.4) is 0 Å². The highest BCUT2D eigenvalue weighted by atomic mass is 35.5. The summed E-state index contributed by atoms with van der Waals surface area (Å²) >= 11 is 6.19. The van der Waals surface area contributed by atoms with Crippen molar-refractivity contribution < 1.29 is 19.1 Å². The summed E-state index contributed by atoms with van der Waals surface area (Å²) in [7, 11) is 1.55. The first-order valence-corrected chi connectivity index (χ1v) is 8.12. The molecule has 1 aromatic rings. The number of fused-ring (bicyclic) bond motifs is 1. The van der Waals surface area contributed by atoms with Gasteiger partial charge in [-0.25, -0.2) is 5.01 Å². The average Bonchev–Trinajstić information content (AvgIpc) is 2.57. The van der Waals surface area contributed by atoms with Crippen molar-refractivity contribution in [2.24, 2.45) is 5.10 Å². The second-order valence-corrected chi connectivity index (χ2v) is 5.98. The second-order valence-electron chi connectivity index (χ2n) is 5.57. The van der Waals surface area contributed by atoms with Crippen molar-refractivity contribution >= 4 is 29.1 Å². The molecule has 24 heavy (non-hydrogen) atoms. The van der Waals surface area contributed by atoms with Crippen LogP contribution in [-0.2, 0) is 16.0 Å². The Kier molecular flexibility index (Phi) is 4.89. The lowest BCUT2D eigenvalue weighted by Crippen LogP contribution is -2.38. The van der Waals surface area contributed by atoms with Gasteiger partial charge in [0.15, 0.2) is 11.5 Å². The predicted molar refractivity (Wildman–Crippen MR) is 88.6 cm³/mol.